The number of hydrogen-bond donors (Lipinski definition) is 1. The number of pyridine rings is 1. The molecule has 5 aliphatic rings. The van der Waals surface area contributed by atoms with Crippen LogP contribution in [0.5, 0.6) is 0 Å². The molecule has 3 heteroatoms. The Morgan fingerprint density at radius 3 is 2.26 bits per heavy atom. The Bertz CT molecular complexity index is 1750. The maximum atomic E-state index is 12.4. The lowest BCUT2D eigenvalue weighted by Crippen LogP contribution is -2.64. The van der Waals surface area contributed by atoms with Gasteiger partial charge in [-0.3, -0.25) is 4.98 Å². The van der Waals surface area contributed by atoms with Gasteiger partial charge in [-0.15, -0.1) is 0 Å². The van der Waals surface area contributed by atoms with Gasteiger partial charge in [-0.1, -0.05) is 96.5 Å². The van der Waals surface area contributed by atoms with E-state index in [2.05, 4.69) is 76.9 Å². The molecule has 0 bridgehead atoms. The van der Waals surface area contributed by atoms with E-state index in [0.717, 1.165) is 29.7 Å². The Kier molecular flexibility index (Phi) is 6.63. The second-order valence-electron chi connectivity index (χ2n) is 17.8. The van der Waals surface area contributed by atoms with Gasteiger partial charge >= 0.3 is 5.97 Å². The molecule has 0 spiro atoms. The van der Waals surface area contributed by atoms with Crippen molar-refractivity contribution in [3.63, 3.8) is 0 Å². The maximum Gasteiger partial charge on any atom is 0.337 e. The van der Waals surface area contributed by atoms with E-state index in [0.29, 0.717) is 49.6 Å². The van der Waals surface area contributed by atoms with Gasteiger partial charge in [0.15, 0.2) is 0 Å². The molecule has 3 unspecified atom stereocenters. The molecule has 46 heavy (non-hydrogen) atoms. The smallest absolute Gasteiger partial charge is 0.337 e. The van der Waals surface area contributed by atoms with Gasteiger partial charge in [0.05, 0.1) is 11.1 Å². The van der Waals surface area contributed by atoms with E-state index in [1.807, 2.05) is 24.3 Å². The summed E-state index contributed by atoms with van der Waals surface area (Å²) in [6.07, 6.45) is 18.3. The second-order valence-corrected chi connectivity index (χ2v) is 17.8. The first-order valence-electron chi connectivity index (χ1n) is 18.3. The molecular weight excluding hydrogens is 562 g/mol. The van der Waals surface area contributed by atoms with Crippen molar-refractivity contribution in [3.05, 3.63) is 71.9 Å². The molecule has 0 saturated heterocycles. The van der Waals surface area contributed by atoms with Crippen LogP contribution in [0.1, 0.15) is 122 Å². The highest BCUT2D eigenvalue weighted by atomic mass is 16.4. The van der Waals surface area contributed by atoms with E-state index in [9.17, 15) is 9.90 Å². The summed E-state index contributed by atoms with van der Waals surface area (Å²) in [5, 5.41) is 10.9. The Morgan fingerprint density at radius 2 is 1.50 bits per heavy atom. The number of carboxylic acids is 1. The van der Waals surface area contributed by atoms with Crippen molar-refractivity contribution in [2.75, 3.05) is 0 Å². The van der Waals surface area contributed by atoms with Crippen LogP contribution in [0.4, 0.5) is 0 Å². The molecule has 5 aliphatic carbocycles. The van der Waals surface area contributed by atoms with Crippen LogP contribution in [-0.2, 0) is 0 Å². The van der Waals surface area contributed by atoms with E-state index in [1.54, 1.807) is 6.20 Å². The fourth-order valence-corrected chi connectivity index (χ4v) is 13.4. The summed E-state index contributed by atoms with van der Waals surface area (Å²) < 4.78 is 0. The van der Waals surface area contributed by atoms with E-state index in [4.69, 9.17) is 0 Å². The standard InChI is InChI=1S/C43H53NO2/c1-39(2)31(28-15-13-27(14-16-28)30-26-44-34-12-8-7-10-29(34)37(30)38(45)46)19-22-41(4)35(39)20-23-43(6)36(41)18-17-33-32-11-9-21-40(32,3)24-25-42(33,43)5/h7-8,10,12-16,19,26,32-33,35-36H,9,11,17-18,20-25H2,1-6H3,(H,45,46)/t32?,33-,35?,36?,40-,41+,42-,43-/m1/s1. The van der Waals surface area contributed by atoms with Crippen LogP contribution in [0.2, 0.25) is 0 Å². The van der Waals surface area contributed by atoms with E-state index in [-0.39, 0.29) is 5.41 Å². The average Bonchev–Trinajstić information content (AvgIpc) is 3.42. The number of rotatable bonds is 3. The fourth-order valence-electron chi connectivity index (χ4n) is 13.4. The molecule has 3 nitrogen and oxygen atoms in total. The van der Waals surface area contributed by atoms with Gasteiger partial charge in [-0.05, 0) is 131 Å². The van der Waals surface area contributed by atoms with Gasteiger partial charge in [0.1, 0.15) is 0 Å². The first-order chi connectivity index (χ1) is 21.8. The van der Waals surface area contributed by atoms with Crippen molar-refractivity contribution in [1.29, 1.82) is 0 Å². The van der Waals surface area contributed by atoms with Crippen LogP contribution in [0, 0.1) is 50.7 Å². The maximum absolute atomic E-state index is 12.4. The van der Waals surface area contributed by atoms with Crippen LogP contribution in [0.15, 0.2) is 60.8 Å². The summed E-state index contributed by atoms with van der Waals surface area (Å²) in [6, 6.07) is 16.2. The molecule has 4 saturated carbocycles. The number of benzene rings is 2. The minimum Gasteiger partial charge on any atom is -0.478 e. The van der Waals surface area contributed by atoms with Crippen molar-refractivity contribution in [3.8, 4) is 11.1 Å². The molecular formula is C43H53NO2. The Labute approximate surface area is 276 Å². The quantitative estimate of drug-likeness (QED) is 0.319. The number of carbonyl (C=O) groups is 1. The highest BCUT2D eigenvalue weighted by molar-refractivity contribution is 6.08. The zero-order chi connectivity index (χ0) is 32.3. The lowest BCUT2D eigenvalue weighted by molar-refractivity contribution is -0.221. The van der Waals surface area contributed by atoms with Crippen LogP contribution in [0.3, 0.4) is 0 Å². The van der Waals surface area contributed by atoms with Gasteiger partial charge in [0, 0.05) is 17.1 Å². The van der Waals surface area contributed by atoms with Crippen LogP contribution < -0.4 is 0 Å². The first-order valence-corrected chi connectivity index (χ1v) is 18.3. The zero-order valence-electron chi connectivity index (χ0n) is 29.0. The van der Waals surface area contributed by atoms with Crippen molar-refractivity contribution in [2.45, 2.75) is 106 Å². The Morgan fingerprint density at radius 1 is 0.761 bits per heavy atom. The third-order valence-electron chi connectivity index (χ3n) is 15.9. The minimum atomic E-state index is -0.911. The highest BCUT2D eigenvalue weighted by Crippen LogP contribution is 2.77. The number of para-hydroxylation sites is 1. The molecule has 0 radical (unpaired) electrons. The first kappa shape index (κ1) is 30.4. The zero-order valence-corrected chi connectivity index (χ0v) is 29.0. The number of carboxylic acid groups (broad SMARTS) is 1. The van der Waals surface area contributed by atoms with Gasteiger partial charge in [-0.2, -0.15) is 0 Å². The van der Waals surface area contributed by atoms with E-state index < -0.39 is 5.97 Å². The number of aromatic nitrogens is 1. The predicted molar refractivity (Wildman–Crippen MR) is 188 cm³/mol. The lowest BCUT2D eigenvalue weighted by Gasteiger charge is -2.72. The summed E-state index contributed by atoms with van der Waals surface area (Å²) in [6.45, 7) is 15.9. The van der Waals surface area contributed by atoms with Crippen molar-refractivity contribution in [2.24, 2.45) is 50.7 Å². The van der Waals surface area contributed by atoms with E-state index >= 15 is 0 Å². The van der Waals surface area contributed by atoms with Crippen LogP contribution in [-0.4, -0.2) is 16.1 Å². The topological polar surface area (TPSA) is 50.2 Å². The summed E-state index contributed by atoms with van der Waals surface area (Å²) in [5.41, 5.74) is 7.25. The number of nitrogens with zero attached hydrogens (tertiary/aromatic N) is 1. The molecule has 0 aliphatic heterocycles. The molecule has 8 atom stereocenters. The third kappa shape index (κ3) is 3.96. The van der Waals surface area contributed by atoms with Gasteiger partial charge in [0.25, 0.3) is 0 Å². The summed E-state index contributed by atoms with van der Waals surface area (Å²) in [4.78, 5) is 17.0. The molecule has 1 aromatic heterocycles. The number of aromatic carboxylic acids is 1. The van der Waals surface area contributed by atoms with Crippen molar-refractivity contribution in [1.82, 2.24) is 4.98 Å². The van der Waals surface area contributed by atoms with Crippen molar-refractivity contribution < 1.29 is 9.90 Å². The fraction of sp³-hybridized carbons (Fsp3) is 0.581. The SMILES string of the molecule is CC1(C)C(c2ccc(-c3cnc4ccccc4c3C(=O)O)cc2)=CC[C@@]2(C)C1CC[C@]1(C)C2CC[C@@H]2C3CCC[C@]3(C)CC[C@]21C. The molecule has 4 fully saturated rings. The number of allylic oxidation sites excluding steroid dienone is 2. The molecule has 8 rings (SSSR count). The number of fused-ring (bicyclic) bond motifs is 8. The average molecular weight is 616 g/mol. The molecule has 242 valence electrons. The highest BCUT2D eigenvalue weighted by Gasteiger charge is 2.68. The summed E-state index contributed by atoms with van der Waals surface area (Å²) in [5.74, 6) is 2.38. The van der Waals surface area contributed by atoms with Gasteiger partial charge in [-0.25, -0.2) is 4.79 Å². The molecule has 3 aromatic rings. The summed E-state index contributed by atoms with van der Waals surface area (Å²) in [7, 11) is 0. The normalized spacial score (nSPS) is 39.5. The lowest BCUT2D eigenvalue weighted by atomic mass is 9.33. The third-order valence-corrected chi connectivity index (χ3v) is 15.9. The minimum absolute atomic E-state index is 0.0704. The van der Waals surface area contributed by atoms with Crippen LogP contribution >= 0.6 is 0 Å². The second kappa shape index (κ2) is 10.0. The monoisotopic (exact) mass is 615 g/mol. The van der Waals surface area contributed by atoms with Gasteiger partial charge < -0.3 is 5.11 Å². The van der Waals surface area contributed by atoms with Crippen LogP contribution in [0.25, 0.3) is 27.6 Å². The number of hydrogen-bond acceptors (Lipinski definition) is 2. The largest absolute Gasteiger partial charge is 0.478 e. The Hall–Kier alpha value is -2.94. The van der Waals surface area contributed by atoms with Gasteiger partial charge in [0.2, 0.25) is 0 Å². The predicted octanol–water partition coefficient (Wildman–Crippen LogP) is 11.5. The molecule has 2 aromatic carbocycles. The Balaban J connectivity index is 1.12. The molecule has 1 N–H and O–H groups in total. The summed E-state index contributed by atoms with van der Waals surface area (Å²) >= 11 is 0. The van der Waals surface area contributed by atoms with E-state index in [1.165, 1.54) is 68.9 Å². The molecule has 1 heterocycles. The molecule has 0 amide bonds. The van der Waals surface area contributed by atoms with Crippen molar-refractivity contribution >= 4 is 22.4 Å².